The van der Waals surface area contributed by atoms with E-state index in [0.717, 1.165) is 5.56 Å². The molecule has 0 heterocycles. The highest BCUT2D eigenvalue weighted by molar-refractivity contribution is 6.30. The van der Waals surface area contributed by atoms with Crippen LogP contribution in [-0.2, 0) is 4.84 Å². The van der Waals surface area contributed by atoms with Crippen LogP contribution in [0.1, 0.15) is 12.5 Å². The number of benzene rings is 2. The summed E-state index contributed by atoms with van der Waals surface area (Å²) in [6, 6.07) is 12.8. The molecule has 2 aromatic carbocycles. The maximum Gasteiger partial charge on any atom is 0.161 e. The first-order valence-electron chi connectivity index (χ1n) is 7.57. The molecule has 0 spiro atoms. The van der Waals surface area contributed by atoms with Crippen LogP contribution >= 0.6 is 11.6 Å². The highest BCUT2D eigenvalue weighted by atomic mass is 35.5. The van der Waals surface area contributed by atoms with E-state index < -0.39 is 0 Å². The van der Waals surface area contributed by atoms with E-state index >= 15 is 0 Å². The molecule has 0 unspecified atom stereocenters. The molecule has 6 heteroatoms. The number of hydrogen-bond donors (Lipinski definition) is 0. The van der Waals surface area contributed by atoms with E-state index in [9.17, 15) is 0 Å². The summed E-state index contributed by atoms with van der Waals surface area (Å²) in [5, 5.41) is 4.55. The summed E-state index contributed by atoms with van der Waals surface area (Å²) < 4.78 is 16.2. The van der Waals surface area contributed by atoms with E-state index in [-0.39, 0.29) is 0 Å². The first-order valence-corrected chi connectivity index (χ1v) is 7.95. The lowest BCUT2D eigenvalue weighted by Gasteiger charge is -2.09. The Bertz CT molecular complexity index is 676. The summed E-state index contributed by atoms with van der Waals surface area (Å²) in [5.74, 6) is 2.06. The summed E-state index contributed by atoms with van der Waals surface area (Å²) in [6.07, 6.45) is 1.61. The second-order valence-corrected chi connectivity index (χ2v) is 5.15. The van der Waals surface area contributed by atoms with Crippen LogP contribution in [0, 0.1) is 0 Å². The Morgan fingerprint density at radius 3 is 2.67 bits per heavy atom. The van der Waals surface area contributed by atoms with Crippen molar-refractivity contribution in [1.29, 1.82) is 0 Å². The number of oxime groups is 1. The second-order valence-electron chi connectivity index (χ2n) is 4.72. The smallest absolute Gasteiger partial charge is 0.161 e. The molecule has 0 fully saturated rings. The van der Waals surface area contributed by atoms with Crippen LogP contribution in [0.3, 0.4) is 0 Å². The molecule has 0 aliphatic heterocycles. The Morgan fingerprint density at radius 2 is 1.92 bits per heavy atom. The second kappa shape index (κ2) is 9.67. The van der Waals surface area contributed by atoms with Crippen LogP contribution in [0.25, 0.3) is 0 Å². The zero-order valence-corrected chi connectivity index (χ0v) is 14.5. The Balaban J connectivity index is 1.77. The summed E-state index contributed by atoms with van der Waals surface area (Å²) in [6.45, 7) is 3.22. The lowest BCUT2D eigenvalue weighted by atomic mass is 10.2. The fraction of sp³-hybridized carbons (Fsp3) is 0.278. The molecule has 0 aliphatic rings. The fourth-order valence-corrected chi connectivity index (χ4v) is 2.12. The average Bonchev–Trinajstić information content (AvgIpc) is 2.59. The third kappa shape index (κ3) is 5.66. The van der Waals surface area contributed by atoms with Crippen LogP contribution in [0.15, 0.2) is 47.6 Å². The predicted molar refractivity (Wildman–Crippen MR) is 94.7 cm³/mol. The van der Waals surface area contributed by atoms with Gasteiger partial charge < -0.3 is 19.0 Å². The topological polar surface area (TPSA) is 49.3 Å². The minimum absolute atomic E-state index is 0.331. The normalized spacial score (nSPS) is 10.6. The molecule has 0 radical (unpaired) electrons. The number of rotatable bonds is 9. The molecule has 0 aromatic heterocycles. The zero-order chi connectivity index (χ0) is 17.2. The van der Waals surface area contributed by atoms with Crippen LogP contribution in [0.5, 0.6) is 17.2 Å². The summed E-state index contributed by atoms with van der Waals surface area (Å²) in [7, 11) is 1.60. The van der Waals surface area contributed by atoms with Crippen LogP contribution in [-0.4, -0.2) is 33.1 Å². The molecule has 0 N–H and O–H groups in total. The highest BCUT2D eigenvalue weighted by Crippen LogP contribution is 2.27. The summed E-state index contributed by atoms with van der Waals surface area (Å²) in [5.41, 5.74) is 0.853. The quantitative estimate of drug-likeness (QED) is 0.387. The van der Waals surface area contributed by atoms with E-state index in [1.54, 1.807) is 25.5 Å². The first kappa shape index (κ1) is 17.9. The van der Waals surface area contributed by atoms with Crippen molar-refractivity contribution in [1.82, 2.24) is 0 Å². The van der Waals surface area contributed by atoms with Gasteiger partial charge in [0.2, 0.25) is 0 Å². The van der Waals surface area contributed by atoms with Gasteiger partial charge in [-0.25, -0.2) is 0 Å². The van der Waals surface area contributed by atoms with Gasteiger partial charge in [-0.3, -0.25) is 0 Å². The molecule has 0 amide bonds. The molecule has 0 bridgehead atoms. The minimum Gasteiger partial charge on any atom is -0.493 e. The van der Waals surface area contributed by atoms with Gasteiger partial charge in [0.05, 0.1) is 19.9 Å². The van der Waals surface area contributed by atoms with E-state index in [0.29, 0.717) is 42.1 Å². The van der Waals surface area contributed by atoms with Gasteiger partial charge in [0, 0.05) is 10.6 Å². The average molecular weight is 350 g/mol. The van der Waals surface area contributed by atoms with E-state index in [2.05, 4.69) is 5.16 Å². The maximum absolute atomic E-state index is 5.88. The van der Waals surface area contributed by atoms with Crippen molar-refractivity contribution < 1.29 is 19.0 Å². The number of halogens is 1. The van der Waals surface area contributed by atoms with Crippen molar-refractivity contribution in [3.8, 4) is 17.2 Å². The number of ether oxygens (including phenoxy) is 3. The predicted octanol–water partition coefficient (Wildman–Crippen LogP) is 4.18. The van der Waals surface area contributed by atoms with Gasteiger partial charge in [0.1, 0.15) is 12.4 Å². The first-order chi connectivity index (χ1) is 11.7. The number of methoxy groups -OCH3 is 1. The minimum atomic E-state index is 0.331. The van der Waals surface area contributed by atoms with Gasteiger partial charge in [0.15, 0.2) is 18.1 Å². The zero-order valence-electron chi connectivity index (χ0n) is 13.7. The molecular weight excluding hydrogens is 330 g/mol. The lowest BCUT2D eigenvalue weighted by Crippen LogP contribution is -2.04. The Labute approximate surface area is 146 Å². The molecule has 128 valence electrons. The van der Waals surface area contributed by atoms with Gasteiger partial charge >= 0.3 is 0 Å². The van der Waals surface area contributed by atoms with E-state index in [1.807, 2.05) is 37.3 Å². The third-order valence-electron chi connectivity index (χ3n) is 3.00. The lowest BCUT2D eigenvalue weighted by molar-refractivity contribution is 0.108. The Hall–Kier alpha value is -2.40. The van der Waals surface area contributed by atoms with Gasteiger partial charge in [-0.05, 0) is 43.3 Å². The van der Waals surface area contributed by atoms with Crippen molar-refractivity contribution in [3.05, 3.63) is 53.1 Å². The van der Waals surface area contributed by atoms with Gasteiger partial charge in [-0.2, -0.15) is 0 Å². The molecule has 0 saturated heterocycles. The number of nitrogens with zero attached hydrogens (tertiary/aromatic N) is 1. The highest BCUT2D eigenvalue weighted by Gasteiger charge is 2.04. The van der Waals surface area contributed by atoms with Crippen molar-refractivity contribution in [2.45, 2.75) is 6.92 Å². The number of hydrogen-bond acceptors (Lipinski definition) is 5. The van der Waals surface area contributed by atoms with Gasteiger partial charge in [-0.1, -0.05) is 22.8 Å². The fourth-order valence-electron chi connectivity index (χ4n) is 1.94. The molecule has 5 nitrogen and oxygen atoms in total. The molecule has 24 heavy (non-hydrogen) atoms. The summed E-state index contributed by atoms with van der Waals surface area (Å²) in [4.78, 5) is 5.18. The molecule has 0 aliphatic carbocycles. The van der Waals surface area contributed by atoms with Crippen LogP contribution in [0.2, 0.25) is 5.02 Å². The molecule has 0 saturated carbocycles. The SMILES string of the molecule is CCOc1ccc(/C=N/OCCOc2cccc(Cl)c2)cc1OC. The molecule has 2 aromatic rings. The van der Waals surface area contributed by atoms with Crippen LogP contribution in [0.4, 0.5) is 0 Å². The summed E-state index contributed by atoms with van der Waals surface area (Å²) >= 11 is 5.88. The molecule has 0 atom stereocenters. The van der Waals surface area contributed by atoms with E-state index in [1.165, 1.54) is 0 Å². The largest absolute Gasteiger partial charge is 0.493 e. The molecule has 2 rings (SSSR count). The van der Waals surface area contributed by atoms with Gasteiger partial charge in [0.25, 0.3) is 0 Å². The van der Waals surface area contributed by atoms with Crippen molar-refractivity contribution in [2.75, 3.05) is 26.9 Å². The van der Waals surface area contributed by atoms with E-state index in [4.69, 9.17) is 30.6 Å². The van der Waals surface area contributed by atoms with Crippen molar-refractivity contribution >= 4 is 17.8 Å². The van der Waals surface area contributed by atoms with Crippen molar-refractivity contribution in [2.24, 2.45) is 5.16 Å². The Kier molecular flexibility index (Phi) is 7.23. The monoisotopic (exact) mass is 349 g/mol. The Morgan fingerprint density at radius 1 is 1.04 bits per heavy atom. The molecular formula is C18H20ClNO4. The van der Waals surface area contributed by atoms with Crippen molar-refractivity contribution in [3.63, 3.8) is 0 Å². The standard InChI is InChI=1S/C18H20ClNO4/c1-3-22-17-8-7-14(11-18(17)21-2)13-20-24-10-9-23-16-6-4-5-15(19)12-16/h4-8,11-13H,3,9-10H2,1-2H3/b20-13+. The van der Waals surface area contributed by atoms with Crippen LogP contribution < -0.4 is 14.2 Å². The third-order valence-corrected chi connectivity index (χ3v) is 3.24. The maximum atomic E-state index is 5.88. The van der Waals surface area contributed by atoms with Gasteiger partial charge in [-0.15, -0.1) is 0 Å².